The predicted octanol–water partition coefficient (Wildman–Crippen LogP) is 4.92. The van der Waals surface area contributed by atoms with Crippen molar-refractivity contribution in [2.75, 3.05) is 14.2 Å². The van der Waals surface area contributed by atoms with E-state index in [2.05, 4.69) is 20.2 Å². The minimum absolute atomic E-state index is 0.0739. The summed E-state index contributed by atoms with van der Waals surface area (Å²) in [4.78, 5) is 7.27. The SMILES string of the molecule is COc1cc2[nH]c(O)c(N=Nc3nc4ccccc4s3)c2cc1OC. The Morgan fingerprint density at radius 2 is 1.84 bits per heavy atom. The van der Waals surface area contributed by atoms with Crippen molar-refractivity contribution in [2.45, 2.75) is 0 Å². The summed E-state index contributed by atoms with van der Waals surface area (Å²) >= 11 is 1.44. The van der Waals surface area contributed by atoms with Crippen LogP contribution in [-0.4, -0.2) is 29.3 Å². The van der Waals surface area contributed by atoms with E-state index in [-0.39, 0.29) is 5.88 Å². The number of methoxy groups -OCH3 is 2. The average molecular weight is 354 g/mol. The number of aromatic hydroxyl groups is 1. The van der Waals surface area contributed by atoms with Crippen LogP contribution in [0, 0.1) is 0 Å². The van der Waals surface area contributed by atoms with Gasteiger partial charge in [-0.3, -0.25) is 0 Å². The molecule has 25 heavy (non-hydrogen) atoms. The first kappa shape index (κ1) is 15.4. The number of thiazole rings is 1. The van der Waals surface area contributed by atoms with Crippen LogP contribution in [0.1, 0.15) is 0 Å². The summed E-state index contributed by atoms with van der Waals surface area (Å²) in [6.07, 6.45) is 0. The fourth-order valence-electron chi connectivity index (χ4n) is 2.59. The first-order valence-electron chi connectivity index (χ1n) is 7.43. The van der Waals surface area contributed by atoms with Gasteiger partial charge >= 0.3 is 0 Å². The van der Waals surface area contributed by atoms with Crippen LogP contribution in [-0.2, 0) is 0 Å². The van der Waals surface area contributed by atoms with Crippen LogP contribution in [0.4, 0.5) is 10.8 Å². The number of nitrogens with zero attached hydrogens (tertiary/aromatic N) is 3. The number of aromatic nitrogens is 2. The van der Waals surface area contributed by atoms with Crippen LogP contribution in [0.15, 0.2) is 46.6 Å². The van der Waals surface area contributed by atoms with Gasteiger partial charge in [0.25, 0.3) is 0 Å². The second-order valence-corrected chi connectivity index (χ2v) is 6.25. The molecule has 2 N–H and O–H groups in total. The maximum absolute atomic E-state index is 10.2. The van der Waals surface area contributed by atoms with Crippen molar-refractivity contribution < 1.29 is 14.6 Å². The molecule has 0 aliphatic rings. The zero-order valence-corrected chi connectivity index (χ0v) is 14.3. The van der Waals surface area contributed by atoms with Crippen molar-refractivity contribution in [3.05, 3.63) is 36.4 Å². The van der Waals surface area contributed by atoms with Crippen molar-refractivity contribution in [1.82, 2.24) is 9.97 Å². The van der Waals surface area contributed by atoms with Crippen LogP contribution >= 0.6 is 11.3 Å². The number of H-pyrrole nitrogens is 1. The van der Waals surface area contributed by atoms with Gasteiger partial charge in [0.1, 0.15) is 0 Å². The normalized spacial score (nSPS) is 11.6. The maximum Gasteiger partial charge on any atom is 0.231 e. The minimum atomic E-state index is -0.0739. The van der Waals surface area contributed by atoms with Gasteiger partial charge in [-0.1, -0.05) is 23.5 Å². The van der Waals surface area contributed by atoms with Crippen LogP contribution in [0.5, 0.6) is 17.4 Å². The smallest absolute Gasteiger partial charge is 0.231 e. The van der Waals surface area contributed by atoms with E-state index in [1.165, 1.54) is 11.3 Å². The van der Waals surface area contributed by atoms with Gasteiger partial charge in [-0.05, 0) is 18.2 Å². The molecule has 0 atom stereocenters. The highest BCUT2D eigenvalue weighted by Gasteiger charge is 2.15. The quantitative estimate of drug-likeness (QED) is 0.509. The lowest BCUT2D eigenvalue weighted by atomic mass is 10.2. The third-order valence-electron chi connectivity index (χ3n) is 3.77. The van der Waals surface area contributed by atoms with Crippen molar-refractivity contribution in [3.63, 3.8) is 0 Å². The molecule has 0 fully saturated rings. The third-order valence-corrected chi connectivity index (χ3v) is 4.69. The molecule has 7 nitrogen and oxygen atoms in total. The summed E-state index contributed by atoms with van der Waals surface area (Å²) in [6.45, 7) is 0. The number of hydrogen-bond acceptors (Lipinski definition) is 7. The van der Waals surface area contributed by atoms with Crippen molar-refractivity contribution >= 4 is 43.3 Å². The molecule has 0 aliphatic carbocycles. The molecule has 126 valence electrons. The number of hydrogen-bond donors (Lipinski definition) is 2. The van der Waals surface area contributed by atoms with Crippen molar-refractivity contribution in [2.24, 2.45) is 10.2 Å². The van der Waals surface area contributed by atoms with Gasteiger partial charge in [0.2, 0.25) is 11.0 Å². The lowest BCUT2D eigenvalue weighted by molar-refractivity contribution is 0.356. The van der Waals surface area contributed by atoms with E-state index >= 15 is 0 Å². The Kier molecular flexibility index (Phi) is 3.73. The molecule has 2 heterocycles. The second-order valence-electron chi connectivity index (χ2n) is 5.24. The van der Waals surface area contributed by atoms with Crippen LogP contribution in [0.3, 0.4) is 0 Å². The Bertz CT molecular complexity index is 1070. The van der Waals surface area contributed by atoms with Gasteiger partial charge in [-0.2, -0.15) is 0 Å². The van der Waals surface area contributed by atoms with E-state index < -0.39 is 0 Å². The van der Waals surface area contributed by atoms with Crippen LogP contribution in [0.2, 0.25) is 0 Å². The first-order chi connectivity index (χ1) is 12.2. The number of aromatic amines is 1. The molecule has 0 radical (unpaired) electrons. The summed E-state index contributed by atoms with van der Waals surface area (Å²) in [5.41, 5.74) is 1.87. The molecular formula is C17H14N4O3S. The third kappa shape index (κ3) is 2.66. The number of para-hydroxylation sites is 1. The standard InChI is InChI=1S/C17H14N4O3S/c1-23-12-7-9-11(8-13(12)24-2)18-16(22)15(9)20-21-17-19-10-5-3-4-6-14(10)25-17/h3-8,18,22H,1-2H3. The molecule has 0 saturated carbocycles. The number of ether oxygens (including phenoxy) is 2. The molecule has 2 aromatic carbocycles. The fraction of sp³-hybridized carbons (Fsp3) is 0.118. The average Bonchev–Trinajstić information content (AvgIpc) is 3.17. The Balaban J connectivity index is 1.78. The molecule has 0 saturated heterocycles. The molecule has 2 aromatic heterocycles. The summed E-state index contributed by atoms with van der Waals surface area (Å²) in [7, 11) is 3.11. The number of fused-ring (bicyclic) bond motifs is 2. The Labute approximate surface area is 146 Å². The van der Waals surface area contributed by atoms with Gasteiger partial charge in [0.15, 0.2) is 17.2 Å². The monoisotopic (exact) mass is 354 g/mol. The molecule has 0 amide bonds. The Hall–Kier alpha value is -3.13. The lowest BCUT2D eigenvalue weighted by Gasteiger charge is -2.06. The maximum atomic E-state index is 10.2. The van der Waals surface area contributed by atoms with E-state index in [0.29, 0.717) is 33.2 Å². The second kappa shape index (κ2) is 6.06. The topological polar surface area (TPSA) is 92.1 Å². The first-order valence-corrected chi connectivity index (χ1v) is 8.25. The van der Waals surface area contributed by atoms with Gasteiger partial charge in [-0.15, -0.1) is 10.2 Å². The highest BCUT2D eigenvalue weighted by molar-refractivity contribution is 7.21. The molecule has 0 aliphatic heterocycles. The summed E-state index contributed by atoms with van der Waals surface area (Å²) in [5.74, 6) is 1.03. The van der Waals surface area contributed by atoms with Gasteiger partial charge < -0.3 is 19.6 Å². The predicted molar refractivity (Wildman–Crippen MR) is 96.9 cm³/mol. The summed E-state index contributed by atoms with van der Waals surface area (Å²) in [6, 6.07) is 11.3. The largest absolute Gasteiger partial charge is 0.493 e. The number of nitrogens with one attached hydrogen (secondary N) is 1. The van der Waals surface area contributed by atoms with Gasteiger partial charge in [0, 0.05) is 11.5 Å². The molecule has 0 spiro atoms. The highest BCUT2D eigenvalue weighted by atomic mass is 32.1. The van der Waals surface area contributed by atoms with Gasteiger partial charge in [0.05, 0.1) is 30.0 Å². The highest BCUT2D eigenvalue weighted by Crippen LogP contribution is 2.42. The summed E-state index contributed by atoms with van der Waals surface area (Å²) in [5, 5.41) is 19.7. The molecule has 0 bridgehead atoms. The zero-order valence-electron chi connectivity index (χ0n) is 13.5. The van der Waals surface area contributed by atoms with Crippen molar-refractivity contribution in [3.8, 4) is 17.4 Å². The van der Waals surface area contributed by atoms with Crippen LogP contribution in [0.25, 0.3) is 21.1 Å². The van der Waals surface area contributed by atoms with Crippen molar-refractivity contribution in [1.29, 1.82) is 0 Å². The fourth-order valence-corrected chi connectivity index (χ4v) is 3.38. The Morgan fingerprint density at radius 1 is 1.08 bits per heavy atom. The molecule has 0 unspecified atom stereocenters. The summed E-state index contributed by atoms with van der Waals surface area (Å²) < 4.78 is 11.6. The number of rotatable bonds is 4. The number of azo groups is 1. The minimum Gasteiger partial charge on any atom is -0.493 e. The molecule has 4 rings (SSSR count). The molecular weight excluding hydrogens is 340 g/mol. The zero-order chi connectivity index (χ0) is 17.4. The van der Waals surface area contributed by atoms with E-state index in [4.69, 9.17) is 9.47 Å². The van der Waals surface area contributed by atoms with E-state index in [9.17, 15) is 5.11 Å². The van der Waals surface area contributed by atoms with Crippen LogP contribution < -0.4 is 9.47 Å². The van der Waals surface area contributed by atoms with E-state index in [1.807, 2.05) is 24.3 Å². The Morgan fingerprint density at radius 3 is 2.60 bits per heavy atom. The van der Waals surface area contributed by atoms with E-state index in [1.54, 1.807) is 26.4 Å². The van der Waals surface area contributed by atoms with E-state index in [0.717, 1.165) is 10.2 Å². The van der Waals surface area contributed by atoms with Gasteiger partial charge in [-0.25, -0.2) is 4.98 Å². The molecule has 4 aromatic rings. The molecule has 8 heteroatoms. The number of benzene rings is 2. The lowest BCUT2D eigenvalue weighted by Crippen LogP contribution is -1.89.